The second kappa shape index (κ2) is 8.72. The monoisotopic (exact) mass is 424 g/mol. The van der Waals surface area contributed by atoms with Crippen LogP contribution in [-0.2, 0) is 9.59 Å². The van der Waals surface area contributed by atoms with Gasteiger partial charge in [-0.2, -0.15) is 5.26 Å². The van der Waals surface area contributed by atoms with Crippen LogP contribution >= 0.6 is 0 Å². The number of nitrogens with one attached hydrogen (secondary N) is 1. The molecule has 1 N–H and O–H groups in total. The number of amides is 2. The van der Waals surface area contributed by atoms with E-state index in [-0.39, 0.29) is 24.2 Å². The molecule has 31 heavy (non-hydrogen) atoms. The number of nitriles is 1. The van der Waals surface area contributed by atoms with Gasteiger partial charge in [0.2, 0.25) is 11.8 Å². The lowest BCUT2D eigenvalue weighted by atomic mass is 10.0. The predicted octanol–water partition coefficient (Wildman–Crippen LogP) is 2.97. The molecule has 2 heterocycles. The van der Waals surface area contributed by atoms with E-state index in [4.69, 9.17) is 5.26 Å². The van der Waals surface area contributed by atoms with E-state index in [0.717, 1.165) is 49.8 Å². The Kier molecular flexibility index (Phi) is 5.85. The van der Waals surface area contributed by atoms with E-state index in [1.54, 1.807) is 12.1 Å². The highest BCUT2D eigenvalue weighted by atomic mass is 19.1. The number of hydrogen-bond acceptors (Lipinski definition) is 4. The van der Waals surface area contributed by atoms with E-state index in [0.29, 0.717) is 12.0 Å². The Bertz CT molecular complexity index is 1010. The maximum Gasteiger partial charge on any atom is 0.239 e. The Hall–Kier alpha value is -3.47. The normalized spacial score (nSPS) is 19.4. The van der Waals surface area contributed by atoms with Crippen molar-refractivity contribution in [3.8, 4) is 6.07 Å². The molecule has 0 aromatic heterocycles. The predicted molar refractivity (Wildman–Crippen MR) is 111 cm³/mol. The van der Waals surface area contributed by atoms with E-state index in [1.807, 2.05) is 12.1 Å². The van der Waals surface area contributed by atoms with E-state index < -0.39 is 23.5 Å². The fourth-order valence-corrected chi connectivity index (χ4v) is 4.21. The molecule has 160 valence electrons. The molecular weight excluding hydrogens is 402 g/mol. The number of piperidine rings is 1. The molecule has 2 saturated heterocycles. The highest BCUT2D eigenvalue weighted by molar-refractivity contribution is 6.09. The minimum Gasteiger partial charge on any atom is -0.371 e. The van der Waals surface area contributed by atoms with Gasteiger partial charge in [-0.15, -0.1) is 0 Å². The van der Waals surface area contributed by atoms with Crippen LogP contribution < -0.4 is 15.1 Å². The molecule has 2 aromatic carbocycles. The van der Waals surface area contributed by atoms with E-state index in [9.17, 15) is 18.4 Å². The third kappa shape index (κ3) is 4.50. The zero-order valence-corrected chi connectivity index (χ0v) is 16.9. The molecule has 1 unspecified atom stereocenters. The van der Waals surface area contributed by atoms with Gasteiger partial charge in [0.15, 0.2) is 0 Å². The van der Waals surface area contributed by atoms with Crippen LogP contribution in [0.3, 0.4) is 0 Å². The maximum atomic E-state index is 13.5. The van der Waals surface area contributed by atoms with Crippen molar-refractivity contribution >= 4 is 23.2 Å². The topological polar surface area (TPSA) is 76.4 Å². The van der Waals surface area contributed by atoms with Gasteiger partial charge in [-0.3, -0.25) is 9.59 Å². The summed E-state index contributed by atoms with van der Waals surface area (Å²) in [5, 5.41) is 11.9. The standard InChI is InChI=1S/C23H22F2N4O2/c24-16-11-17(25)13-20(12-16)29-10-7-21(23(29)31)22(30)27-18-5-8-28(9-6-18)19-3-1-15(14-26)2-4-19/h1-4,11-13,18,21H,5-10H2,(H,27,30). The highest BCUT2D eigenvalue weighted by Gasteiger charge is 2.38. The Morgan fingerprint density at radius 1 is 0.968 bits per heavy atom. The van der Waals surface area contributed by atoms with Gasteiger partial charge in [-0.05, 0) is 55.7 Å². The first-order valence-electron chi connectivity index (χ1n) is 10.3. The SMILES string of the molecule is N#Cc1ccc(N2CCC(NC(=O)C3CCN(c4cc(F)cc(F)c4)C3=O)CC2)cc1. The van der Waals surface area contributed by atoms with Crippen molar-refractivity contribution in [1.82, 2.24) is 5.32 Å². The van der Waals surface area contributed by atoms with E-state index >= 15 is 0 Å². The molecule has 2 aliphatic heterocycles. The van der Waals surface area contributed by atoms with Crippen LogP contribution in [0.2, 0.25) is 0 Å². The number of rotatable bonds is 4. The lowest BCUT2D eigenvalue weighted by Crippen LogP contribution is -2.47. The zero-order chi connectivity index (χ0) is 22.0. The van der Waals surface area contributed by atoms with Crippen molar-refractivity contribution in [3.05, 3.63) is 59.7 Å². The average molecular weight is 424 g/mol. The van der Waals surface area contributed by atoms with Crippen LogP contribution in [0.15, 0.2) is 42.5 Å². The molecule has 0 aliphatic carbocycles. The summed E-state index contributed by atoms with van der Waals surface area (Å²) >= 11 is 0. The van der Waals surface area contributed by atoms with Crippen molar-refractivity contribution < 1.29 is 18.4 Å². The Morgan fingerprint density at radius 2 is 1.61 bits per heavy atom. The summed E-state index contributed by atoms with van der Waals surface area (Å²) in [7, 11) is 0. The van der Waals surface area contributed by atoms with Gasteiger partial charge in [0.05, 0.1) is 11.6 Å². The minimum absolute atomic E-state index is 0.0319. The first-order valence-corrected chi connectivity index (χ1v) is 10.3. The van der Waals surface area contributed by atoms with E-state index in [2.05, 4.69) is 16.3 Å². The van der Waals surface area contributed by atoms with Gasteiger partial charge in [0.1, 0.15) is 17.6 Å². The van der Waals surface area contributed by atoms with Crippen molar-refractivity contribution in [2.75, 3.05) is 29.4 Å². The van der Waals surface area contributed by atoms with Crippen LogP contribution in [0.4, 0.5) is 20.2 Å². The third-order valence-corrected chi connectivity index (χ3v) is 5.88. The second-order valence-electron chi connectivity index (χ2n) is 7.89. The third-order valence-electron chi connectivity index (χ3n) is 5.88. The molecule has 0 bridgehead atoms. The number of carbonyl (C=O) groups is 2. The van der Waals surface area contributed by atoms with Crippen molar-refractivity contribution in [3.63, 3.8) is 0 Å². The summed E-state index contributed by atoms with van der Waals surface area (Å²) in [6, 6.07) is 12.4. The van der Waals surface area contributed by atoms with Crippen LogP contribution in [0.1, 0.15) is 24.8 Å². The molecule has 8 heteroatoms. The molecule has 6 nitrogen and oxygen atoms in total. The first-order chi connectivity index (χ1) is 14.9. The lowest BCUT2D eigenvalue weighted by Gasteiger charge is -2.34. The first kappa shape index (κ1) is 20.8. The number of hydrogen-bond donors (Lipinski definition) is 1. The number of carbonyl (C=O) groups excluding carboxylic acids is 2. The van der Waals surface area contributed by atoms with Gasteiger partial charge in [-0.25, -0.2) is 8.78 Å². The molecule has 2 fully saturated rings. The van der Waals surface area contributed by atoms with Gasteiger partial charge >= 0.3 is 0 Å². The molecular formula is C23H22F2N4O2. The summed E-state index contributed by atoms with van der Waals surface area (Å²) in [6.07, 6.45) is 1.80. The van der Waals surface area contributed by atoms with Gasteiger partial charge < -0.3 is 15.1 Å². The molecule has 1 atom stereocenters. The molecule has 0 spiro atoms. The van der Waals surface area contributed by atoms with E-state index in [1.165, 1.54) is 4.90 Å². The fourth-order valence-electron chi connectivity index (χ4n) is 4.21. The number of anilines is 2. The maximum absolute atomic E-state index is 13.5. The Labute approximate surface area is 179 Å². The van der Waals surface area contributed by atoms with Crippen LogP contribution in [0.25, 0.3) is 0 Å². The van der Waals surface area contributed by atoms with Crippen LogP contribution in [0.5, 0.6) is 0 Å². The molecule has 2 amide bonds. The molecule has 2 aromatic rings. The summed E-state index contributed by atoms with van der Waals surface area (Å²) in [5.41, 5.74) is 1.78. The molecule has 2 aliphatic rings. The Morgan fingerprint density at radius 3 is 2.23 bits per heavy atom. The lowest BCUT2D eigenvalue weighted by molar-refractivity contribution is -0.132. The number of benzene rings is 2. The zero-order valence-electron chi connectivity index (χ0n) is 16.9. The summed E-state index contributed by atoms with van der Waals surface area (Å²) < 4.78 is 27.0. The molecule has 4 rings (SSSR count). The van der Waals surface area contributed by atoms with Crippen molar-refractivity contribution in [1.29, 1.82) is 5.26 Å². The van der Waals surface area contributed by atoms with Gasteiger partial charge in [0, 0.05) is 43.1 Å². The molecule has 0 radical (unpaired) electrons. The fraction of sp³-hybridized carbons (Fsp3) is 0.348. The van der Waals surface area contributed by atoms with Crippen molar-refractivity contribution in [2.24, 2.45) is 5.92 Å². The van der Waals surface area contributed by atoms with Gasteiger partial charge in [-0.1, -0.05) is 0 Å². The highest BCUT2D eigenvalue weighted by Crippen LogP contribution is 2.27. The molecule has 0 saturated carbocycles. The summed E-state index contributed by atoms with van der Waals surface area (Å²) in [6.45, 7) is 1.76. The quantitative estimate of drug-likeness (QED) is 0.766. The van der Waals surface area contributed by atoms with Gasteiger partial charge in [0.25, 0.3) is 0 Å². The smallest absolute Gasteiger partial charge is 0.239 e. The van der Waals surface area contributed by atoms with Crippen LogP contribution in [0, 0.1) is 28.9 Å². The average Bonchev–Trinajstić information content (AvgIpc) is 3.15. The minimum atomic E-state index is -0.845. The Balaban J connectivity index is 1.32. The summed E-state index contributed by atoms with van der Waals surface area (Å²) in [4.78, 5) is 28.9. The van der Waals surface area contributed by atoms with Crippen molar-refractivity contribution in [2.45, 2.75) is 25.3 Å². The second-order valence-corrected chi connectivity index (χ2v) is 7.89. The summed E-state index contributed by atoms with van der Waals surface area (Å²) in [5.74, 6) is -3.13. The number of halogens is 2. The van der Waals surface area contributed by atoms with Crippen LogP contribution in [-0.4, -0.2) is 37.5 Å². The number of nitrogens with zero attached hydrogens (tertiary/aromatic N) is 3. The largest absolute Gasteiger partial charge is 0.371 e.